The van der Waals surface area contributed by atoms with Gasteiger partial charge in [-0.25, -0.2) is 0 Å². The fraction of sp³-hybridized carbons (Fsp3) is 0.455. The normalized spacial score (nSPS) is 17.2. The molecule has 31 heavy (non-hydrogen) atoms. The first-order valence-corrected chi connectivity index (χ1v) is 10.4. The van der Waals surface area contributed by atoms with Crippen LogP contribution in [0.15, 0.2) is 45.3 Å². The van der Waals surface area contributed by atoms with E-state index in [2.05, 4.69) is 15.4 Å². The van der Waals surface area contributed by atoms with Crippen molar-refractivity contribution in [2.45, 2.75) is 38.2 Å². The van der Waals surface area contributed by atoms with E-state index in [4.69, 9.17) is 24.1 Å². The van der Waals surface area contributed by atoms with Crippen molar-refractivity contribution in [2.24, 2.45) is 11.7 Å². The first kappa shape index (κ1) is 21.2. The molecule has 3 aromatic rings. The largest absolute Gasteiger partial charge is 0.422 e. The maximum absolute atomic E-state index is 10.7. The van der Waals surface area contributed by atoms with Crippen LogP contribution in [0.2, 0.25) is 0 Å². The van der Waals surface area contributed by atoms with Crippen molar-refractivity contribution in [3.05, 3.63) is 53.9 Å². The monoisotopic (exact) mass is 426 g/mol. The summed E-state index contributed by atoms with van der Waals surface area (Å²) >= 11 is 0. The van der Waals surface area contributed by atoms with Crippen LogP contribution in [0.25, 0.3) is 11.3 Å². The van der Waals surface area contributed by atoms with Crippen molar-refractivity contribution in [1.82, 2.24) is 15.4 Å². The van der Waals surface area contributed by atoms with Gasteiger partial charge in [-0.15, -0.1) is 10.2 Å². The van der Waals surface area contributed by atoms with E-state index >= 15 is 0 Å². The molecule has 5 rings (SSSR count). The van der Waals surface area contributed by atoms with Crippen molar-refractivity contribution >= 4 is 5.91 Å². The standard InChI is InChI=1S/C12H18N2O3.C10H8N2O2/c1-8(16-7-9-5-15-6-9)11-13-14-12(17-11)10-3-2-4-10;11-10(13)9-6-8(12-14-9)7-4-2-1-3-5-7/h8-10H,2-7H2,1H3;1-6H,(H2,11,13). The molecule has 1 saturated carbocycles. The van der Waals surface area contributed by atoms with Crippen molar-refractivity contribution in [1.29, 1.82) is 0 Å². The number of nitrogens with two attached hydrogens (primary N) is 1. The molecule has 1 atom stereocenters. The summed E-state index contributed by atoms with van der Waals surface area (Å²) in [6, 6.07) is 10.9. The van der Waals surface area contributed by atoms with Crippen LogP contribution in [0.1, 0.15) is 60.5 Å². The van der Waals surface area contributed by atoms with Gasteiger partial charge in [-0.05, 0) is 19.8 Å². The third-order valence-corrected chi connectivity index (χ3v) is 5.37. The van der Waals surface area contributed by atoms with E-state index < -0.39 is 5.91 Å². The summed E-state index contributed by atoms with van der Waals surface area (Å²) in [5.74, 6) is 1.87. The topological polar surface area (TPSA) is 126 Å². The van der Waals surface area contributed by atoms with Gasteiger partial charge in [0, 0.05) is 23.5 Å². The van der Waals surface area contributed by atoms with Crippen molar-refractivity contribution in [2.75, 3.05) is 19.8 Å². The second-order valence-corrected chi connectivity index (χ2v) is 7.79. The van der Waals surface area contributed by atoms with Gasteiger partial charge < -0.3 is 24.1 Å². The maximum Gasteiger partial charge on any atom is 0.287 e. The van der Waals surface area contributed by atoms with Gasteiger partial charge in [0.2, 0.25) is 17.5 Å². The van der Waals surface area contributed by atoms with Crippen LogP contribution in [0.5, 0.6) is 0 Å². The molecule has 1 aliphatic carbocycles. The van der Waals surface area contributed by atoms with Crippen LogP contribution in [0.3, 0.4) is 0 Å². The second kappa shape index (κ2) is 9.84. The van der Waals surface area contributed by atoms with Gasteiger partial charge in [-0.3, -0.25) is 4.79 Å². The van der Waals surface area contributed by atoms with E-state index in [0.29, 0.717) is 30.0 Å². The first-order valence-electron chi connectivity index (χ1n) is 10.4. The van der Waals surface area contributed by atoms with Crippen LogP contribution in [0.4, 0.5) is 0 Å². The minimum atomic E-state index is -0.611. The lowest BCUT2D eigenvalue weighted by molar-refractivity contribution is -0.0887. The number of ether oxygens (including phenoxy) is 2. The number of carbonyl (C=O) groups excluding carboxylic acids is 1. The molecule has 3 heterocycles. The Hall–Kier alpha value is -3.04. The number of rotatable bonds is 7. The highest BCUT2D eigenvalue weighted by molar-refractivity contribution is 5.90. The van der Waals surface area contributed by atoms with Gasteiger partial charge in [-0.1, -0.05) is 41.9 Å². The molecule has 1 aromatic carbocycles. The highest BCUT2D eigenvalue weighted by Gasteiger charge is 2.27. The number of amides is 1. The molecule has 2 fully saturated rings. The minimum Gasteiger partial charge on any atom is -0.422 e. The Kier molecular flexibility index (Phi) is 6.73. The molecule has 0 radical (unpaired) electrons. The highest BCUT2D eigenvalue weighted by Crippen LogP contribution is 2.36. The average molecular weight is 426 g/mol. The third kappa shape index (κ3) is 5.36. The molecule has 9 heteroatoms. The summed E-state index contributed by atoms with van der Waals surface area (Å²) in [6.07, 6.45) is 3.51. The summed E-state index contributed by atoms with van der Waals surface area (Å²) in [5, 5.41) is 11.9. The lowest BCUT2D eigenvalue weighted by atomic mass is 9.85. The predicted octanol–water partition coefficient (Wildman–Crippen LogP) is 3.50. The highest BCUT2D eigenvalue weighted by atomic mass is 16.5. The average Bonchev–Trinajstić information content (AvgIpc) is 3.37. The maximum atomic E-state index is 10.7. The summed E-state index contributed by atoms with van der Waals surface area (Å²) in [6.45, 7) is 4.29. The van der Waals surface area contributed by atoms with E-state index in [1.54, 1.807) is 0 Å². The molecule has 1 aliphatic heterocycles. The Morgan fingerprint density at radius 1 is 1.23 bits per heavy atom. The summed E-state index contributed by atoms with van der Waals surface area (Å²) in [4.78, 5) is 10.7. The quantitative estimate of drug-likeness (QED) is 0.608. The first-order chi connectivity index (χ1) is 15.1. The van der Waals surface area contributed by atoms with E-state index in [1.807, 2.05) is 37.3 Å². The Bertz CT molecular complexity index is 979. The van der Waals surface area contributed by atoms with E-state index in [-0.39, 0.29) is 11.9 Å². The molecule has 1 amide bonds. The lowest BCUT2D eigenvalue weighted by Crippen LogP contribution is -2.31. The second-order valence-electron chi connectivity index (χ2n) is 7.79. The molecule has 1 saturated heterocycles. The molecular formula is C22H26N4O5. The number of hydrogen-bond acceptors (Lipinski definition) is 8. The molecule has 0 bridgehead atoms. The molecule has 2 aliphatic rings. The van der Waals surface area contributed by atoms with Gasteiger partial charge >= 0.3 is 0 Å². The number of nitrogens with zero attached hydrogens (tertiary/aromatic N) is 3. The van der Waals surface area contributed by atoms with E-state index in [1.165, 1.54) is 25.3 Å². The summed E-state index contributed by atoms with van der Waals surface area (Å²) < 4.78 is 21.2. The van der Waals surface area contributed by atoms with Gasteiger partial charge in [0.1, 0.15) is 11.8 Å². The molecular weight excluding hydrogens is 400 g/mol. The van der Waals surface area contributed by atoms with Gasteiger partial charge in [0.25, 0.3) is 5.91 Å². The van der Waals surface area contributed by atoms with Gasteiger partial charge in [0.15, 0.2) is 0 Å². The fourth-order valence-electron chi connectivity index (χ4n) is 3.10. The smallest absolute Gasteiger partial charge is 0.287 e. The molecule has 1 unspecified atom stereocenters. The Balaban J connectivity index is 0.000000152. The Morgan fingerprint density at radius 3 is 2.58 bits per heavy atom. The van der Waals surface area contributed by atoms with Crippen LogP contribution in [0, 0.1) is 5.92 Å². The summed E-state index contributed by atoms with van der Waals surface area (Å²) in [5.41, 5.74) is 6.54. The number of benzene rings is 1. The SMILES string of the molecule is CC(OCC1COC1)c1nnc(C2CCC2)o1.NC(=O)c1cc(-c2ccccc2)no1. The van der Waals surface area contributed by atoms with Gasteiger partial charge in [0.05, 0.1) is 19.8 Å². The lowest BCUT2D eigenvalue weighted by Gasteiger charge is -2.26. The van der Waals surface area contributed by atoms with Gasteiger partial charge in [-0.2, -0.15) is 0 Å². The van der Waals surface area contributed by atoms with E-state index in [0.717, 1.165) is 24.7 Å². The minimum absolute atomic E-state index is 0.0730. The Morgan fingerprint density at radius 2 is 2.00 bits per heavy atom. The van der Waals surface area contributed by atoms with Crippen molar-refractivity contribution in [3.8, 4) is 11.3 Å². The van der Waals surface area contributed by atoms with Crippen LogP contribution < -0.4 is 5.73 Å². The molecule has 2 aromatic heterocycles. The predicted molar refractivity (Wildman–Crippen MR) is 110 cm³/mol. The fourth-order valence-corrected chi connectivity index (χ4v) is 3.10. The number of aromatic nitrogens is 3. The zero-order valence-corrected chi connectivity index (χ0v) is 17.4. The van der Waals surface area contributed by atoms with Crippen LogP contribution in [-0.2, 0) is 9.47 Å². The zero-order chi connectivity index (χ0) is 21.6. The number of primary amides is 1. The molecule has 0 spiro atoms. The zero-order valence-electron chi connectivity index (χ0n) is 17.4. The molecule has 164 valence electrons. The van der Waals surface area contributed by atoms with E-state index in [9.17, 15) is 4.79 Å². The Labute approximate surface area is 179 Å². The van der Waals surface area contributed by atoms with Crippen LogP contribution >= 0.6 is 0 Å². The number of hydrogen-bond donors (Lipinski definition) is 1. The molecule has 9 nitrogen and oxygen atoms in total. The van der Waals surface area contributed by atoms with Crippen molar-refractivity contribution in [3.63, 3.8) is 0 Å². The third-order valence-electron chi connectivity index (χ3n) is 5.37. The van der Waals surface area contributed by atoms with Crippen molar-refractivity contribution < 1.29 is 23.2 Å². The van der Waals surface area contributed by atoms with Crippen LogP contribution in [-0.4, -0.2) is 41.1 Å². The summed E-state index contributed by atoms with van der Waals surface area (Å²) in [7, 11) is 0. The molecule has 2 N–H and O–H groups in total. The number of carbonyl (C=O) groups is 1.